The molecule has 3 aromatic rings. The average molecular weight is 484 g/mol. The molecular weight excluding hydrogens is 466 g/mol. The van der Waals surface area contributed by atoms with Gasteiger partial charge < -0.3 is 15.2 Å². The quantitative estimate of drug-likeness (QED) is 0.326. The highest BCUT2D eigenvalue weighted by Crippen LogP contribution is 2.34. The number of fused-ring (bicyclic) bond motifs is 1. The number of pyridine rings is 1. The van der Waals surface area contributed by atoms with Crippen LogP contribution < -0.4 is 5.32 Å². The summed E-state index contributed by atoms with van der Waals surface area (Å²) in [5, 5.41) is 23.6. The molecule has 0 aliphatic rings. The van der Waals surface area contributed by atoms with Gasteiger partial charge in [0, 0.05) is 12.7 Å². The third kappa shape index (κ3) is 4.75. The van der Waals surface area contributed by atoms with Crippen molar-refractivity contribution in [2.24, 2.45) is 5.41 Å². The van der Waals surface area contributed by atoms with Gasteiger partial charge in [0.25, 0.3) is 10.0 Å². The Morgan fingerprint density at radius 3 is 2.58 bits per heavy atom. The summed E-state index contributed by atoms with van der Waals surface area (Å²) in [4.78, 5) is 26.2. The molecule has 33 heavy (non-hydrogen) atoms. The fourth-order valence-electron chi connectivity index (χ4n) is 3.00. The minimum atomic E-state index is -4.09. The first kappa shape index (κ1) is 24.0. The number of carboxylic acid groups (broad SMARTS) is 1. The number of nitrogens with zero attached hydrogens (tertiary/aromatic N) is 3. The predicted molar refractivity (Wildman–Crippen MR) is 112 cm³/mol. The molecular formula is C19H18F2N4O7S. The highest BCUT2D eigenvalue weighted by atomic mass is 32.2. The second-order valence-corrected chi connectivity index (χ2v) is 9.05. The van der Waals surface area contributed by atoms with Gasteiger partial charge in [0.15, 0.2) is 5.65 Å². The van der Waals surface area contributed by atoms with Crippen molar-refractivity contribution < 1.29 is 36.8 Å². The van der Waals surface area contributed by atoms with Crippen molar-refractivity contribution in [3.05, 3.63) is 58.9 Å². The van der Waals surface area contributed by atoms with Gasteiger partial charge in [-0.25, -0.2) is 17.4 Å². The van der Waals surface area contributed by atoms with Crippen LogP contribution in [0.15, 0.2) is 53.7 Å². The Hall–Kier alpha value is -3.65. The van der Waals surface area contributed by atoms with Gasteiger partial charge >= 0.3 is 18.3 Å². The summed E-state index contributed by atoms with van der Waals surface area (Å²) in [6, 6.07) is 8.69. The second-order valence-electron chi connectivity index (χ2n) is 7.23. The van der Waals surface area contributed by atoms with Gasteiger partial charge in [-0.3, -0.25) is 14.9 Å². The summed E-state index contributed by atoms with van der Waals surface area (Å²) >= 11 is 0. The Labute approximate surface area is 185 Å². The first-order chi connectivity index (χ1) is 15.5. The van der Waals surface area contributed by atoms with E-state index in [-0.39, 0.29) is 21.6 Å². The first-order valence-corrected chi connectivity index (χ1v) is 10.7. The molecule has 1 aromatic carbocycles. The molecule has 2 aromatic heterocycles. The van der Waals surface area contributed by atoms with Crippen LogP contribution in [0.5, 0.6) is 0 Å². The second kappa shape index (κ2) is 9.07. The van der Waals surface area contributed by atoms with Crippen LogP contribution in [0.4, 0.5) is 20.2 Å². The van der Waals surface area contributed by atoms with Gasteiger partial charge in [-0.2, -0.15) is 8.78 Å². The highest BCUT2D eigenvalue weighted by molar-refractivity contribution is 7.90. The van der Waals surface area contributed by atoms with E-state index < -0.39 is 51.8 Å². The Morgan fingerprint density at radius 2 is 2.00 bits per heavy atom. The van der Waals surface area contributed by atoms with Crippen molar-refractivity contribution in [2.45, 2.75) is 18.4 Å². The standard InChI is InChI=1S/C19H18F2N4O7S/c1-19(17(26)27,11-32-18(20)21)10-23-15-13-7-8-24(16(13)22-9-14(15)25(28)29)33(30,31)12-5-3-2-4-6-12/h2-9,18H,10-11H2,1H3,(H,22,23)(H,26,27)/t19-/m0/s1. The molecule has 0 bridgehead atoms. The van der Waals surface area contributed by atoms with Gasteiger partial charge in [0.1, 0.15) is 17.3 Å². The summed E-state index contributed by atoms with van der Waals surface area (Å²) < 4.78 is 55.8. The zero-order valence-corrected chi connectivity index (χ0v) is 17.8. The molecule has 2 N–H and O–H groups in total. The van der Waals surface area contributed by atoms with E-state index in [0.29, 0.717) is 0 Å². The fraction of sp³-hybridized carbons (Fsp3) is 0.263. The number of aromatic nitrogens is 2. The maximum Gasteiger partial charge on any atom is 0.345 e. The molecule has 176 valence electrons. The van der Waals surface area contributed by atoms with E-state index in [1.807, 2.05) is 0 Å². The number of nitrogens with one attached hydrogen (secondary N) is 1. The molecule has 1 atom stereocenters. The minimum absolute atomic E-state index is 0.0197. The number of halogens is 2. The molecule has 2 heterocycles. The smallest absolute Gasteiger partial charge is 0.345 e. The molecule has 3 rings (SSSR count). The zero-order valence-electron chi connectivity index (χ0n) is 17.0. The summed E-state index contributed by atoms with van der Waals surface area (Å²) in [6.45, 7) is -3.49. The van der Waals surface area contributed by atoms with Crippen LogP contribution in [-0.2, 0) is 19.6 Å². The zero-order chi connectivity index (χ0) is 24.4. The van der Waals surface area contributed by atoms with Crippen LogP contribution in [0.25, 0.3) is 11.0 Å². The number of benzene rings is 1. The van der Waals surface area contributed by atoms with Crippen LogP contribution in [0.3, 0.4) is 0 Å². The average Bonchev–Trinajstić information content (AvgIpc) is 3.21. The summed E-state index contributed by atoms with van der Waals surface area (Å²) in [7, 11) is -4.09. The van der Waals surface area contributed by atoms with E-state index in [1.165, 1.54) is 30.3 Å². The number of carboxylic acids is 1. The van der Waals surface area contributed by atoms with Gasteiger partial charge in [-0.05, 0) is 25.1 Å². The van der Waals surface area contributed by atoms with Gasteiger partial charge in [0.2, 0.25) is 0 Å². The predicted octanol–water partition coefficient (Wildman–Crippen LogP) is 2.92. The summed E-state index contributed by atoms with van der Waals surface area (Å²) in [6.07, 6.45) is 1.99. The third-order valence-electron chi connectivity index (χ3n) is 4.86. The molecule has 0 saturated carbocycles. The van der Waals surface area contributed by atoms with E-state index >= 15 is 0 Å². The topological polar surface area (TPSA) is 154 Å². The van der Waals surface area contributed by atoms with E-state index in [1.54, 1.807) is 6.07 Å². The molecule has 0 spiro atoms. The SMILES string of the molecule is C[C@](CNc1c([N+](=O)[O-])cnc2c1ccn2S(=O)(=O)c1ccccc1)(COC(F)F)C(=O)O. The molecule has 11 nitrogen and oxygen atoms in total. The molecule has 0 aliphatic carbocycles. The number of hydrogen-bond acceptors (Lipinski definition) is 8. The Balaban J connectivity index is 2.07. The van der Waals surface area contributed by atoms with Crippen LogP contribution in [-0.4, -0.2) is 53.1 Å². The number of aliphatic carboxylic acids is 1. The number of carbonyl (C=O) groups is 1. The van der Waals surface area contributed by atoms with Crippen LogP contribution in [0.1, 0.15) is 6.92 Å². The molecule has 0 unspecified atom stereocenters. The van der Waals surface area contributed by atoms with E-state index in [2.05, 4.69) is 15.0 Å². The van der Waals surface area contributed by atoms with Crippen molar-refractivity contribution in [3.63, 3.8) is 0 Å². The minimum Gasteiger partial charge on any atom is -0.481 e. The maximum atomic E-state index is 13.0. The van der Waals surface area contributed by atoms with E-state index in [9.17, 15) is 37.2 Å². The summed E-state index contributed by atoms with van der Waals surface area (Å²) in [5.74, 6) is -1.48. The van der Waals surface area contributed by atoms with Gasteiger partial charge in [-0.1, -0.05) is 18.2 Å². The lowest BCUT2D eigenvalue weighted by Crippen LogP contribution is -2.40. The van der Waals surface area contributed by atoms with E-state index in [4.69, 9.17) is 0 Å². The van der Waals surface area contributed by atoms with E-state index in [0.717, 1.165) is 23.3 Å². The number of hydrogen-bond donors (Lipinski definition) is 2. The summed E-state index contributed by atoms with van der Waals surface area (Å²) in [5.41, 5.74) is -2.79. The van der Waals surface area contributed by atoms with Crippen LogP contribution in [0.2, 0.25) is 0 Å². The molecule has 0 aliphatic heterocycles. The Bertz CT molecular complexity index is 1300. The maximum absolute atomic E-state index is 13.0. The van der Waals surface area contributed by atoms with Gasteiger partial charge in [0.05, 0.1) is 21.8 Å². The Kier molecular flexibility index (Phi) is 6.60. The third-order valence-corrected chi connectivity index (χ3v) is 6.54. The van der Waals surface area contributed by atoms with Crippen molar-refractivity contribution in [1.82, 2.24) is 8.96 Å². The number of anilines is 1. The molecule has 0 amide bonds. The number of ether oxygens (including phenoxy) is 1. The first-order valence-electron chi connectivity index (χ1n) is 9.29. The number of nitro groups is 1. The lowest BCUT2D eigenvalue weighted by molar-refractivity contribution is -0.384. The lowest BCUT2D eigenvalue weighted by atomic mass is 9.91. The number of rotatable bonds is 10. The van der Waals surface area contributed by atoms with Crippen LogP contribution in [0, 0.1) is 15.5 Å². The number of alkyl halides is 2. The highest BCUT2D eigenvalue weighted by Gasteiger charge is 2.36. The van der Waals surface area contributed by atoms with Crippen molar-refractivity contribution in [3.8, 4) is 0 Å². The molecule has 0 saturated heterocycles. The monoisotopic (exact) mass is 484 g/mol. The largest absolute Gasteiger partial charge is 0.481 e. The molecule has 0 radical (unpaired) electrons. The van der Waals surface area contributed by atoms with Crippen molar-refractivity contribution >= 4 is 38.4 Å². The molecule has 0 fully saturated rings. The van der Waals surface area contributed by atoms with Crippen LogP contribution >= 0.6 is 0 Å². The lowest BCUT2D eigenvalue weighted by Gasteiger charge is -2.25. The van der Waals surface area contributed by atoms with Gasteiger partial charge in [-0.15, -0.1) is 0 Å². The Morgan fingerprint density at radius 1 is 1.33 bits per heavy atom. The van der Waals surface area contributed by atoms with Crippen molar-refractivity contribution in [2.75, 3.05) is 18.5 Å². The molecule has 14 heteroatoms. The normalized spacial score (nSPS) is 13.7. The van der Waals surface area contributed by atoms with Crippen molar-refractivity contribution in [1.29, 1.82) is 0 Å². The fourth-order valence-corrected chi connectivity index (χ4v) is 4.32.